The van der Waals surface area contributed by atoms with Crippen molar-refractivity contribution in [3.8, 4) is 0 Å². The Kier molecular flexibility index (Phi) is 3.88. The first-order valence-corrected chi connectivity index (χ1v) is 9.23. The second-order valence-electron chi connectivity index (χ2n) is 6.26. The lowest BCUT2D eigenvalue weighted by Gasteiger charge is -2.32. The molecule has 3 aromatic rings. The van der Waals surface area contributed by atoms with Crippen molar-refractivity contribution in [2.45, 2.75) is 32.2 Å². The molecule has 1 fully saturated rings. The number of benzene rings is 1. The number of nitrogens with zero attached hydrogens (tertiary/aromatic N) is 5. The number of thiazole rings is 1. The third-order valence-corrected chi connectivity index (χ3v) is 5.79. The summed E-state index contributed by atoms with van der Waals surface area (Å²) in [5.41, 5.74) is 1.03. The van der Waals surface area contributed by atoms with E-state index in [-0.39, 0.29) is 11.6 Å². The van der Waals surface area contributed by atoms with E-state index >= 15 is 0 Å². The molecule has 1 saturated heterocycles. The van der Waals surface area contributed by atoms with Gasteiger partial charge < -0.3 is 4.90 Å². The van der Waals surface area contributed by atoms with E-state index in [1.807, 2.05) is 13.0 Å². The zero-order valence-electron chi connectivity index (χ0n) is 14.0. The van der Waals surface area contributed by atoms with Crippen molar-refractivity contribution in [3.05, 3.63) is 40.6 Å². The molecule has 0 radical (unpaired) electrons. The number of fused-ring (bicyclic) bond motifs is 1. The number of anilines is 1. The monoisotopic (exact) mass is 343 g/mol. The molecule has 24 heavy (non-hydrogen) atoms. The fraction of sp³-hybridized carbons (Fsp3) is 0.471. The van der Waals surface area contributed by atoms with Gasteiger partial charge in [0.1, 0.15) is 5.82 Å². The van der Waals surface area contributed by atoms with Crippen LogP contribution in [0.1, 0.15) is 31.5 Å². The van der Waals surface area contributed by atoms with Gasteiger partial charge >= 0.3 is 5.69 Å². The Bertz CT molecular complexity index is 892. The maximum Gasteiger partial charge on any atom is 0.345 e. The lowest BCUT2D eigenvalue weighted by molar-refractivity contribution is 0.470. The molecule has 7 heteroatoms. The molecule has 126 valence electrons. The molecule has 0 bridgehead atoms. The van der Waals surface area contributed by atoms with Crippen LogP contribution >= 0.6 is 11.3 Å². The highest BCUT2D eigenvalue weighted by atomic mass is 32.1. The summed E-state index contributed by atoms with van der Waals surface area (Å²) in [6, 6.07) is 8.26. The molecule has 4 rings (SSSR count). The first-order valence-electron chi connectivity index (χ1n) is 8.41. The predicted octanol–water partition coefficient (Wildman–Crippen LogP) is 2.60. The minimum atomic E-state index is -0.0235. The van der Waals surface area contributed by atoms with E-state index in [1.54, 1.807) is 23.0 Å². The van der Waals surface area contributed by atoms with Crippen molar-refractivity contribution in [3.63, 3.8) is 0 Å². The maximum atomic E-state index is 12.2. The number of hydrogen-bond donors (Lipinski definition) is 0. The molecule has 0 aliphatic carbocycles. The van der Waals surface area contributed by atoms with Crippen molar-refractivity contribution in [1.82, 2.24) is 19.3 Å². The Morgan fingerprint density at radius 3 is 2.96 bits per heavy atom. The van der Waals surface area contributed by atoms with Gasteiger partial charge in [0.25, 0.3) is 0 Å². The van der Waals surface area contributed by atoms with Gasteiger partial charge in [-0.05, 0) is 31.9 Å². The molecule has 3 heterocycles. The fourth-order valence-electron chi connectivity index (χ4n) is 3.48. The van der Waals surface area contributed by atoms with Crippen molar-refractivity contribution >= 4 is 26.7 Å². The van der Waals surface area contributed by atoms with Gasteiger partial charge in [-0.1, -0.05) is 23.5 Å². The Balaban J connectivity index is 1.64. The molecule has 0 N–H and O–H groups in total. The third kappa shape index (κ3) is 2.53. The van der Waals surface area contributed by atoms with Crippen LogP contribution in [0.2, 0.25) is 0 Å². The molecular formula is C17H21N5OS. The van der Waals surface area contributed by atoms with E-state index < -0.39 is 0 Å². The van der Waals surface area contributed by atoms with Gasteiger partial charge in [0.15, 0.2) is 5.13 Å². The van der Waals surface area contributed by atoms with Gasteiger partial charge in [-0.25, -0.2) is 14.5 Å². The summed E-state index contributed by atoms with van der Waals surface area (Å²) in [6.07, 6.45) is 2.16. The number of aromatic nitrogens is 4. The number of hydrogen-bond acceptors (Lipinski definition) is 5. The second kappa shape index (κ2) is 6.05. The highest BCUT2D eigenvalue weighted by molar-refractivity contribution is 7.22. The van der Waals surface area contributed by atoms with Crippen molar-refractivity contribution in [1.29, 1.82) is 0 Å². The third-order valence-electron chi connectivity index (χ3n) is 4.69. The molecule has 6 nitrogen and oxygen atoms in total. The van der Waals surface area contributed by atoms with E-state index in [0.29, 0.717) is 6.54 Å². The van der Waals surface area contributed by atoms with Gasteiger partial charge in [-0.15, -0.1) is 0 Å². The first-order chi connectivity index (χ1) is 11.7. The van der Waals surface area contributed by atoms with Crippen LogP contribution in [0.3, 0.4) is 0 Å². The molecule has 2 aromatic heterocycles. The zero-order valence-corrected chi connectivity index (χ0v) is 14.8. The molecule has 0 unspecified atom stereocenters. The van der Waals surface area contributed by atoms with Crippen molar-refractivity contribution in [2.24, 2.45) is 7.05 Å². The topological polar surface area (TPSA) is 56.0 Å². The zero-order chi connectivity index (χ0) is 16.7. The second-order valence-corrected chi connectivity index (χ2v) is 7.27. The summed E-state index contributed by atoms with van der Waals surface area (Å²) in [5.74, 6) is 1.19. The van der Waals surface area contributed by atoms with E-state index in [1.165, 1.54) is 9.38 Å². The van der Waals surface area contributed by atoms with E-state index in [0.717, 1.165) is 42.4 Å². The van der Waals surface area contributed by atoms with Crippen molar-refractivity contribution < 1.29 is 0 Å². The lowest BCUT2D eigenvalue weighted by Crippen LogP contribution is -2.35. The van der Waals surface area contributed by atoms with Crippen LogP contribution in [0, 0.1) is 0 Å². The van der Waals surface area contributed by atoms with Crippen LogP contribution in [0.15, 0.2) is 29.1 Å². The van der Waals surface area contributed by atoms with Crippen molar-refractivity contribution in [2.75, 3.05) is 18.0 Å². The molecule has 0 saturated carbocycles. The van der Waals surface area contributed by atoms with Crippen LogP contribution in [0.5, 0.6) is 0 Å². The minimum Gasteiger partial charge on any atom is -0.347 e. The van der Waals surface area contributed by atoms with Crippen LogP contribution in [0.25, 0.3) is 10.2 Å². The summed E-state index contributed by atoms with van der Waals surface area (Å²) in [7, 11) is 1.73. The summed E-state index contributed by atoms with van der Waals surface area (Å²) < 4.78 is 4.47. The number of aryl methyl sites for hydroxylation is 1. The standard InChI is InChI=1S/C17H21N5OS/c1-3-22-15(19-20(2)17(22)23)12-7-6-10-21(11-12)16-18-13-8-4-5-9-14(13)24-16/h4-5,8-9,12H,3,6-7,10-11H2,1-2H3/t12-/m0/s1. The van der Waals surface area contributed by atoms with Gasteiger partial charge in [-0.2, -0.15) is 5.10 Å². The van der Waals surface area contributed by atoms with Gasteiger partial charge in [-0.3, -0.25) is 4.57 Å². The molecule has 1 atom stereocenters. The van der Waals surface area contributed by atoms with Crippen LogP contribution in [-0.4, -0.2) is 32.4 Å². The number of piperidine rings is 1. The summed E-state index contributed by atoms with van der Waals surface area (Å²) in [6.45, 7) is 4.55. The first kappa shape index (κ1) is 15.4. The predicted molar refractivity (Wildman–Crippen MR) is 97.0 cm³/mol. The summed E-state index contributed by atoms with van der Waals surface area (Å²) >= 11 is 1.74. The summed E-state index contributed by atoms with van der Waals surface area (Å²) in [4.78, 5) is 19.3. The average Bonchev–Trinajstić information content (AvgIpc) is 3.16. The Morgan fingerprint density at radius 2 is 2.17 bits per heavy atom. The normalized spacial score (nSPS) is 18.4. The molecular weight excluding hydrogens is 322 g/mol. The summed E-state index contributed by atoms with van der Waals surface area (Å²) in [5, 5.41) is 5.57. The Labute approximate surface area is 144 Å². The van der Waals surface area contributed by atoms with E-state index in [9.17, 15) is 4.79 Å². The lowest BCUT2D eigenvalue weighted by atomic mass is 9.97. The van der Waals surface area contributed by atoms with E-state index in [2.05, 4.69) is 28.2 Å². The molecule has 0 spiro atoms. The Morgan fingerprint density at radius 1 is 1.33 bits per heavy atom. The van der Waals surface area contributed by atoms with Gasteiger partial charge in [0.05, 0.1) is 10.2 Å². The SMILES string of the molecule is CCn1c([C@H]2CCCN(c3nc4ccccc4s3)C2)nn(C)c1=O. The number of rotatable bonds is 3. The van der Waals surface area contributed by atoms with Crippen LogP contribution in [0.4, 0.5) is 5.13 Å². The van der Waals surface area contributed by atoms with E-state index in [4.69, 9.17) is 4.98 Å². The largest absolute Gasteiger partial charge is 0.347 e. The van der Waals surface area contributed by atoms with Crippen LogP contribution in [-0.2, 0) is 13.6 Å². The van der Waals surface area contributed by atoms with Crippen LogP contribution < -0.4 is 10.6 Å². The smallest absolute Gasteiger partial charge is 0.345 e. The quantitative estimate of drug-likeness (QED) is 0.733. The van der Waals surface area contributed by atoms with Gasteiger partial charge in [0, 0.05) is 32.6 Å². The maximum absolute atomic E-state index is 12.2. The fourth-order valence-corrected chi connectivity index (χ4v) is 4.48. The highest BCUT2D eigenvalue weighted by Crippen LogP contribution is 2.33. The molecule has 1 aliphatic heterocycles. The highest BCUT2D eigenvalue weighted by Gasteiger charge is 2.28. The minimum absolute atomic E-state index is 0.0235. The number of para-hydroxylation sites is 1. The molecule has 1 aliphatic rings. The average molecular weight is 343 g/mol. The Hall–Kier alpha value is -2.15. The molecule has 0 amide bonds. The van der Waals surface area contributed by atoms with Gasteiger partial charge in [0.2, 0.25) is 0 Å². The molecule has 1 aromatic carbocycles.